The predicted molar refractivity (Wildman–Crippen MR) is 89.2 cm³/mol. The quantitative estimate of drug-likeness (QED) is 0.733. The van der Waals surface area contributed by atoms with Crippen molar-refractivity contribution in [2.24, 2.45) is 5.92 Å². The minimum absolute atomic E-state index is 0.0831. The molecule has 1 aliphatic carbocycles. The van der Waals surface area contributed by atoms with E-state index in [2.05, 4.69) is 24.5 Å². The summed E-state index contributed by atoms with van der Waals surface area (Å²) in [4.78, 5) is 23.7. The molecule has 0 aromatic carbocycles. The zero-order valence-electron chi connectivity index (χ0n) is 15.3. The molecular weight excluding hydrogens is 296 g/mol. The van der Waals surface area contributed by atoms with E-state index in [0.29, 0.717) is 5.92 Å². The van der Waals surface area contributed by atoms with E-state index < -0.39 is 5.60 Å². The molecule has 0 aliphatic heterocycles. The van der Waals surface area contributed by atoms with Crippen molar-refractivity contribution < 1.29 is 19.1 Å². The number of alkyl carbamates (subject to hydrolysis) is 1. The Balaban J connectivity index is 2.46. The molecule has 6 nitrogen and oxygen atoms in total. The Morgan fingerprint density at radius 1 is 1.17 bits per heavy atom. The molecule has 1 amide bonds. The number of hydrogen-bond donors (Lipinski definition) is 2. The summed E-state index contributed by atoms with van der Waals surface area (Å²) in [7, 11) is 1.42. The molecule has 0 aromatic heterocycles. The van der Waals surface area contributed by atoms with Crippen LogP contribution in [0.15, 0.2) is 0 Å². The van der Waals surface area contributed by atoms with E-state index in [-0.39, 0.29) is 30.2 Å². The number of carbonyl (C=O) groups excluding carboxylic acids is 2. The predicted octanol–water partition coefficient (Wildman–Crippen LogP) is 2.61. The van der Waals surface area contributed by atoms with Gasteiger partial charge in [0.1, 0.15) is 11.6 Å². The fourth-order valence-corrected chi connectivity index (χ4v) is 2.87. The van der Waals surface area contributed by atoms with Gasteiger partial charge in [0.2, 0.25) is 0 Å². The maximum absolute atomic E-state index is 11.9. The first kappa shape index (κ1) is 19.7. The minimum Gasteiger partial charge on any atom is -0.468 e. The second-order valence-corrected chi connectivity index (χ2v) is 7.73. The van der Waals surface area contributed by atoms with Gasteiger partial charge in [-0.3, -0.25) is 4.79 Å². The van der Waals surface area contributed by atoms with Gasteiger partial charge in [0.25, 0.3) is 0 Å². The van der Waals surface area contributed by atoms with Crippen LogP contribution in [-0.2, 0) is 14.3 Å². The summed E-state index contributed by atoms with van der Waals surface area (Å²) < 4.78 is 10.2. The summed E-state index contributed by atoms with van der Waals surface area (Å²) in [6.45, 7) is 9.70. The van der Waals surface area contributed by atoms with Crippen LogP contribution in [0.3, 0.4) is 0 Å². The largest absolute Gasteiger partial charge is 0.468 e. The molecule has 23 heavy (non-hydrogen) atoms. The molecule has 1 saturated carbocycles. The number of amides is 1. The average molecular weight is 328 g/mol. The Morgan fingerprint density at radius 2 is 1.78 bits per heavy atom. The van der Waals surface area contributed by atoms with Gasteiger partial charge in [-0.05, 0) is 52.4 Å². The highest BCUT2D eigenvalue weighted by molar-refractivity contribution is 5.75. The van der Waals surface area contributed by atoms with Gasteiger partial charge in [0, 0.05) is 12.1 Å². The molecule has 6 heteroatoms. The minimum atomic E-state index is -0.492. The first-order valence-electron chi connectivity index (χ1n) is 8.44. The fourth-order valence-electron chi connectivity index (χ4n) is 2.87. The molecule has 0 radical (unpaired) electrons. The van der Waals surface area contributed by atoms with Gasteiger partial charge in [-0.2, -0.15) is 0 Å². The van der Waals surface area contributed by atoms with Crippen LogP contribution in [0, 0.1) is 5.92 Å². The van der Waals surface area contributed by atoms with Crippen LogP contribution in [0.25, 0.3) is 0 Å². The Hall–Kier alpha value is -1.30. The van der Waals surface area contributed by atoms with Crippen molar-refractivity contribution in [1.82, 2.24) is 10.6 Å². The Morgan fingerprint density at radius 3 is 2.30 bits per heavy atom. The van der Waals surface area contributed by atoms with E-state index in [1.54, 1.807) is 0 Å². The van der Waals surface area contributed by atoms with Gasteiger partial charge in [0.05, 0.1) is 7.11 Å². The zero-order valence-corrected chi connectivity index (χ0v) is 15.3. The zero-order chi connectivity index (χ0) is 17.6. The first-order valence-corrected chi connectivity index (χ1v) is 8.44. The molecule has 2 N–H and O–H groups in total. The van der Waals surface area contributed by atoms with E-state index in [1.807, 2.05) is 20.8 Å². The highest BCUT2D eigenvalue weighted by atomic mass is 16.6. The number of nitrogens with one attached hydrogen (secondary N) is 2. The molecule has 0 aromatic rings. The smallest absolute Gasteiger partial charge is 0.407 e. The summed E-state index contributed by atoms with van der Waals surface area (Å²) in [6, 6.07) is 0.00256. The molecule has 0 bridgehead atoms. The molecule has 1 aliphatic rings. The lowest BCUT2D eigenvalue weighted by Crippen LogP contribution is -2.45. The molecule has 3 atom stereocenters. The number of rotatable bonds is 6. The van der Waals surface area contributed by atoms with Gasteiger partial charge in [-0.1, -0.05) is 13.8 Å². The number of ether oxygens (including phenoxy) is 2. The number of esters is 1. The van der Waals surface area contributed by atoms with Gasteiger partial charge in [-0.25, -0.2) is 4.79 Å². The number of methoxy groups -OCH3 is 1. The van der Waals surface area contributed by atoms with Gasteiger partial charge < -0.3 is 20.1 Å². The van der Waals surface area contributed by atoms with Crippen molar-refractivity contribution in [2.75, 3.05) is 7.11 Å². The second kappa shape index (κ2) is 8.52. The van der Waals surface area contributed by atoms with Gasteiger partial charge in [-0.15, -0.1) is 0 Å². The second-order valence-electron chi connectivity index (χ2n) is 7.73. The molecule has 0 saturated heterocycles. The van der Waals surface area contributed by atoms with Crippen LogP contribution in [0.5, 0.6) is 0 Å². The molecular formula is C17H32N2O4. The van der Waals surface area contributed by atoms with E-state index in [9.17, 15) is 9.59 Å². The SMILES string of the molecule is COC(=O)C(CC(C)C)NC1CCC(NC(=O)OC(C)(C)C)C1. The van der Waals surface area contributed by atoms with Crippen LogP contribution in [0.2, 0.25) is 0 Å². The van der Waals surface area contributed by atoms with E-state index in [1.165, 1.54) is 7.11 Å². The van der Waals surface area contributed by atoms with Crippen molar-refractivity contribution in [2.45, 2.75) is 84.0 Å². The number of hydrogen-bond acceptors (Lipinski definition) is 5. The van der Waals surface area contributed by atoms with Gasteiger partial charge in [0.15, 0.2) is 0 Å². The summed E-state index contributed by atoms with van der Waals surface area (Å²) in [5, 5.41) is 6.29. The van der Waals surface area contributed by atoms with E-state index in [4.69, 9.17) is 9.47 Å². The molecule has 3 unspecified atom stereocenters. The normalized spacial score (nSPS) is 22.7. The Labute approximate surface area is 139 Å². The monoisotopic (exact) mass is 328 g/mol. The van der Waals surface area contributed by atoms with Crippen molar-refractivity contribution in [1.29, 1.82) is 0 Å². The summed E-state index contributed by atoms with van der Waals surface area (Å²) in [5.41, 5.74) is -0.492. The molecule has 0 spiro atoms. The highest BCUT2D eigenvalue weighted by Crippen LogP contribution is 2.21. The lowest BCUT2D eigenvalue weighted by atomic mass is 10.0. The molecule has 0 heterocycles. The third kappa shape index (κ3) is 7.68. The van der Waals surface area contributed by atoms with Crippen molar-refractivity contribution >= 4 is 12.1 Å². The maximum Gasteiger partial charge on any atom is 0.407 e. The Bertz CT molecular complexity index is 404. The summed E-state index contributed by atoms with van der Waals surface area (Å²) >= 11 is 0. The third-order valence-electron chi connectivity index (χ3n) is 3.78. The lowest BCUT2D eigenvalue weighted by molar-refractivity contribution is -0.143. The number of carbonyl (C=O) groups is 2. The lowest BCUT2D eigenvalue weighted by Gasteiger charge is -2.23. The topological polar surface area (TPSA) is 76.7 Å². The molecule has 134 valence electrons. The van der Waals surface area contributed by atoms with Crippen LogP contribution in [0.1, 0.15) is 60.3 Å². The molecule has 1 rings (SSSR count). The van der Waals surface area contributed by atoms with Gasteiger partial charge >= 0.3 is 12.1 Å². The first-order chi connectivity index (χ1) is 10.6. The van der Waals surface area contributed by atoms with Crippen molar-refractivity contribution in [3.05, 3.63) is 0 Å². The standard InChI is InChI=1S/C17H32N2O4/c1-11(2)9-14(15(20)22-6)18-12-7-8-13(10-12)19-16(21)23-17(3,4)5/h11-14,18H,7-10H2,1-6H3,(H,19,21). The third-order valence-corrected chi connectivity index (χ3v) is 3.78. The van der Waals surface area contributed by atoms with E-state index >= 15 is 0 Å². The highest BCUT2D eigenvalue weighted by Gasteiger charge is 2.31. The fraction of sp³-hybridized carbons (Fsp3) is 0.882. The Kier molecular flexibility index (Phi) is 7.32. The van der Waals surface area contributed by atoms with Crippen LogP contribution in [0.4, 0.5) is 4.79 Å². The average Bonchev–Trinajstić information content (AvgIpc) is 2.81. The molecule has 1 fully saturated rings. The van der Waals surface area contributed by atoms with Crippen LogP contribution < -0.4 is 10.6 Å². The maximum atomic E-state index is 11.9. The summed E-state index contributed by atoms with van der Waals surface area (Å²) in [5.74, 6) is 0.186. The summed E-state index contributed by atoms with van der Waals surface area (Å²) in [6.07, 6.45) is 2.96. The van der Waals surface area contributed by atoms with Crippen LogP contribution >= 0.6 is 0 Å². The van der Waals surface area contributed by atoms with Crippen molar-refractivity contribution in [3.8, 4) is 0 Å². The van der Waals surface area contributed by atoms with Crippen molar-refractivity contribution in [3.63, 3.8) is 0 Å². The van der Waals surface area contributed by atoms with E-state index in [0.717, 1.165) is 25.7 Å². The van der Waals surface area contributed by atoms with Crippen LogP contribution in [-0.4, -0.2) is 42.9 Å².